The third-order valence-electron chi connectivity index (χ3n) is 3.60. The van der Waals surface area contributed by atoms with Crippen molar-refractivity contribution in [2.45, 2.75) is 45.6 Å². The molecule has 1 saturated heterocycles. The molecular weight excluding hydrogens is 264 g/mol. The molecule has 0 aromatic heterocycles. The number of carboxylic acid groups (broad SMARTS) is 2. The van der Waals surface area contributed by atoms with Gasteiger partial charge in [-0.2, -0.15) is 0 Å². The van der Waals surface area contributed by atoms with E-state index in [0.717, 1.165) is 19.3 Å². The number of nitrogens with one attached hydrogen (secondary N) is 1. The molecule has 2 amide bonds. The van der Waals surface area contributed by atoms with Crippen LogP contribution < -0.4 is 5.32 Å². The van der Waals surface area contributed by atoms with Gasteiger partial charge < -0.3 is 20.4 Å². The van der Waals surface area contributed by atoms with Crippen LogP contribution in [-0.2, 0) is 9.59 Å². The molecular formula is C13H22N2O5. The third kappa shape index (κ3) is 5.07. The minimum Gasteiger partial charge on any atom is -0.481 e. The molecule has 1 rings (SSSR count). The fourth-order valence-electron chi connectivity index (χ4n) is 2.24. The van der Waals surface area contributed by atoms with Gasteiger partial charge in [0.15, 0.2) is 0 Å². The van der Waals surface area contributed by atoms with Crippen LogP contribution in [0.3, 0.4) is 0 Å². The SMILES string of the molecule is CC1(C)CCCN(C(=O)N[C@@H](CC(=O)O)C(=O)O)CC1. The fraction of sp³-hybridized carbons (Fsp3) is 0.769. The van der Waals surface area contributed by atoms with Crippen molar-refractivity contribution in [3.8, 4) is 0 Å². The molecule has 0 aromatic carbocycles. The number of nitrogens with zero attached hydrogens (tertiary/aromatic N) is 1. The van der Waals surface area contributed by atoms with Crippen LogP contribution in [0.5, 0.6) is 0 Å². The van der Waals surface area contributed by atoms with Crippen LogP contribution in [0.1, 0.15) is 39.5 Å². The van der Waals surface area contributed by atoms with Crippen molar-refractivity contribution >= 4 is 18.0 Å². The molecule has 0 aromatic rings. The smallest absolute Gasteiger partial charge is 0.326 e. The summed E-state index contributed by atoms with van der Waals surface area (Å²) >= 11 is 0. The summed E-state index contributed by atoms with van der Waals surface area (Å²) in [6, 6.07) is -1.90. The zero-order chi connectivity index (χ0) is 15.3. The predicted molar refractivity (Wildman–Crippen MR) is 71.4 cm³/mol. The Hall–Kier alpha value is -1.79. The zero-order valence-corrected chi connectivity index (χ0v) is 11.9. The fourth-order valence-corrected chi connectivity index (χ4v) is 2.24. The topological polar surface area (TPSA) is 107 Å². The van der Waals surface area contributed by atoms with Gasteiger partial charge in [0.05, 0.1) is 6.42 Å². The number of carbonyl (C=O) groups is 3. The zero-order valence-electron chi connectivity index (χ0n) is 11.9. The maximum absolute atomic E-state index is 12.0. The lowest BCUT2D eigenvalue weighted by atomic mass is 9.85. The second-order valence-electron chi connectivity index (χ2n) is 5.94. The van der Waals surface area contributed by atoms with Crippen LogP contribution in [0.25, 0.3) is 0 Å². The summed E-state index contributed by atoms with van der Waals surface area (Å²) in [5.74, 6) is -2.59. The molecule has 0 saturated carbocycles. The summed E-state index contributed by atoms with van der Waals surface area (Å²) in [6.45, 7) is 5.39. The van der Waals surface area contributed by atoms with E-state index in [1.165, 1.54) is 0 Å². The number of aliphatic carboxylic acids is 2. The maximum Gasteiger partial charge on any atom is 0.326 e. The molecule has 1 aliphatic heterocycles. The first-order valence-electron chi connectivity index (χ1n) is 6.71. The van der Waals surface area contributed by atoms with Gasteiger partial charge >= 0.3 is 18.0 Å². The minimum absolute atomic E-state index is 0.169. The lowest BCUT2D eigenvalue weighted by Gasteiger charge is -2.24. The molecule has 7 heteroatoms. The van der Waals surface area contributed by atoms with E-state index in [1.54, 1.807) is 4.90 Å². The van der Waals surface area contributed by atoms with Crippen molar-refractivity contribution in [3.63, 3.8) is 0 Å². The Kier molecular flexibility index (Phi) is 5.35. The Morgan fingerprint density at radius 3 is 2.40 bits per heavy atom. The van der Waals surface area contributed by atoms with E-state index in [0.29, 0.717) is 13.1 Å². The highest BCUT2D eigenvalue weighted by Gasteiger charge is 2.28. The highest BCUT2D eigenvalue weighted by atomic mass is 16.4. The minimum atomic E-state index is -1.39. The standard InChI is InChI=1S/C13H22N2O5/c1-13(2)4-3-6-15(7-5-13)12(20)14-9(11(18)19)8-10(16)17/h9H,3-8H2,1-2H3,(H,14,20)(H,16,17)(H,18,19)/t9-/m0/s1. The van der Waals surface area contributed by atoms with Gasteiger partial charge in [0, 0.05) is 13.1 Å². The van der Waals surface area contributed by atoms with Gasteiger partial charge in [0.2, 0.25) is 0 Å². The van der Waals surface area contributed by atoms with Gasteiger partial charge in [0.1, 0.15) is 6.04 Å². The van der Waals surface area contributed by atoms with E-state index in [9.17, 15) is 14.4 Å². The Morgan fingerprint density at radius 2 is 1.85 bits per heavy atom. The van der Waals surface area contributed by atoms with E-state index < -0.39 is 30.4 Å². The average Bonchev–Trinajstić information content (AvgIpc) is 2.48. The van der Waals surface area contributed by atoms with Crippen LogP contribution >= 0.6 is 0 Å². The number of likely N-dealkylation sites (tertiary alicyclic amines) is 1. The molecule has 0 radical (unpaired) electrons. The van der Waals surface area contributed by atoms with Crippen LogP contribution in [0.2, 0.25) is 0 Å². The molecule has 1 fully saturated rings. The number of hydrogen-bond donors (Lipinski definition) is 3. The van der Waals surface area contributed by atoms with Gasteiger partial charge in [-0.3, -0.25) is 4.79 Å². The molecule has 7 nitrogen and oxygen atoms in total. The van der Waals surface area contributed by atoms with E-state index in [2.05, 4.69) is 19.2 Å². The first-order chi connectivity index (χ1) is 9.21. The summed E-state index contributed by atoms with van der Waals surface area (Å²) in [7, 11) is 0. The second kappa shape index (κ2) is 6.58. The number of hydrogen-bond acceptors (Lipinski definition) is 3. The van der Waals surface area contributed by atoms with E-state index in [-0.39, 0.29) is 5.41 Å². The van der Waals surface area contributed by atoms with Crippen molar-refractivity contribution < 1.29 is 24.6 Å². The molecule has 1 atom stereocenters. The van der Waals surface area contributed by atoms with Crippen LogP contribution in [-0.4, -0.2) is 52.2 Å². The van der Waals surface area contributed by atoms with Crippen molar-refractivity contribution in [3.05, 3.63) is 0 Å². The van der Waals surface area contributed by atoms with E-state index in [4.69, 9.17) is 10.2 Å². The number of amides is 2. The molecule has 0 aliphatic carbocycles. The Morgan fingerprint density at radius 1 is 1.20 bits per heavy atom. The average molecular weight is 286 g/mol. The summed E-state index contributed by atoms with van der Waals surface area (Å²) in [6.07, 6.45) is 2.09. The quantitative estimate of drug-likeness (QED) is 0.718. The Bertz CT molecular complexity index is 394. The molecule has 0 spiro atoms. The van der Waals surface area contributed by atoms with Crippen molar-refractivity contribution in [2.24, 2.45) is 5.41 Å². The van der Waals surface area contributed by atoms with Gasteiger partial charge in [-0.15, -0.1) is 0 Å². The van der Waals surface area contributed by atoms with Gasteiger partial charge in [-0.05, 0) is 24.7 Å². The number of rotatable bonds is 4. The molecule has 114 valence electrons. The highest BCUT2D eigenvalue weighted by Crippen LogP contribution is 2.29. The van der Waals surface area contributed by atoms with Gasteiger partial charge in [0.25, 0.3) is 0 Å². The number of carboxylic acids is 2. The monoisotopic (exact) mass is 286 g/mol. The number of urea groups is 1. The first kappa shape index (κ1) is 16.3. The lowest BCUT2D eigenvalue weighted by molar-refractivity contribution is -0.145. The molecule has 1 heterocycles. The molecule has 1 aliphatic rings. The van der Waals surface area contributed by atoms with Crippen LogP contribution in [0.4, 0.5) is 4.79 Å². The van der Waals surface area contributed by atoms with Crippen molar-refractivity contribution in [1.29, 1.82) is 0 Å². The largest absolute Gasteiger partial charge is 0.481 e. The van der Waals surface area contributed by atoms with Gasteiger partial charge in [-0.1, -0.05) is 13.8 Å². The van der Waals surface area contributed by atoms with Crippen LogP contribution in [0, 0.1) is 5.41 Å². The predicted octanol–water partition coefficient (Wildman–Crippen LogP) is 1.14. The van der Waals surface area contributed by atoms with E-state index in [1.807, 2.05) is 0 Å². The lowest BCUT2D eigenvalue weighted by Crippen LogP contribution is -2.49. The summed E-state index contributed by atoms with van der Waals surface area (Å²) in [5, 5.41) is 19.8. The molecule has 3 N–H and O–H groups in total. The normalized spacial score (nSPS) is 19.8. The highest BCUT2D eigenvalue weighted by molar-refractivity contribution is 5.86. The van der Waals surface area contributed by atoms with Crippen molar-refractivity contribution in [2.75, 3.05) is 13.1 Å². The number of carbonyl (C=O) groups excluding carboxylic acids is 1. The molecule has 0 bridgehead atoms. The summed E-state index contributed by atoms with van der Waals surface area (Å²) in [5.41, 5.74) is 0.169. The molecule has 0 unspecified atom stereocenters. The maximum atomic E-state index is 12.0. The Labute approximate surface area is 117 Å². The van der Waals surface area contributed by atoms with Crippen LogP contribution in [0.15, 0.2) is 0 Å². The molecule has 20 heavy (non-hydrogen) atoms. The summed E-state index contributed by atoms with van der Waals surface area (Å²) < 4.78 is 0. The Balaban J connectivity index is 2.60. The third-order valence-corrected chi connectivity index (χ3v) is 3.60. The summed E-state index contributed by atoms with van der Waals surface area (Å²) in [4.78, 5) is 35.1. The first-order valence-corrected chi connectivity index (χ1v) is 6.71. The van der Waals surface area contributed by atoms with Gasteiger partial charge in [-0.25, -0.2) is 9.59 Å². The van der Waals surface area contributed by atoms with E-state index >= 15 is 0 Å². The second-order valence-corrected chi connectivity index (χ2v) is 5.94. The van der Waals surface area contributed by atoms with Crippen molar-refractivity contribution in [1.82, 2.24) is 10.2 Å².